The second-order valence-corrected chi connectivity index (χ2v) is 22.0. The Hall–Kier alpha value is -3.33. The molecule has 0 aliphatic heterocycles. The van der Waals surface area contributed by atoms with Crippen molar-refractivity contribution in [3.8, 4) is 0 Å². The van der Waals surface area contributed by atoms with Gasteiger partial charge in [-0.1, -0.05) is 271 Å². The normalized spacial score (nSPS) is 13.8. The first-order valence-corrected chi connectivity index (χ1v) is 32.9. The van der Waals surface area contributed by atoms with Crippen LogP contribution in [0.4, 0.5) is 0 Å². The van der Waals surface area contributed by atoms with E-state index < -0.39 is 32.5 Å². The van der Waals surface area contributed by atoms with Gasteiger partial charge in [-0.3, -0.25) is 18.6 Å². The summed E-state index contributed by atoms with van der Waals surface area (Å²) in [5.41, 5.74) is 5.38. The topological polar surface area (TPSA) is 134 Å². The average molecular weight is 1090 g/mol. The fourth-order valence-corrected chi connectivity index (χ4v) is 9.36. The van der Waals surface area contributed by atoms with Crippen molar-refractivity contribution in [2.45, 2.75) is 277 Å². The Labute approximate surface area is 473 Å². The van der Waals surface area contributed by atoms with E-state index in [0.717, 1.165) is 109 Å². The van der Waals surface area contributed by atoms with Crippen molar-refractivity contribution in [3.63, 3.8) is 0 Å². The Kier molecular flexibility index (Phi) is 59.2. The predicted molar refractivity (Wildman–Crippen MR) is 330 cm³/mol. The molecule has 0 spiro atoms. The van der Waals surface area contributed by atoms with Gasteiger partial charge in [-0.15, -0.1) is 0 Å². The Morgan fingerprint density at radius 1 is 0.390 bits per heavy atom. The van der Waals surface area contributed by atoms with Crippen LogP contribution in [-0.2, 0) is 32.7 Å². The summed E-state index contributed by atoms with van der Waals surface area (Å²) < 4.78 is 33.0. The van der Waals surface area contributed by atoms with Crippen LogP contribution in [0.25, 0.3) is 0 Å². The molecule has 0 amide bonds. The predicted octanol–water partition coefficient (Wildman–Crippen LogP) is 20.2. The molecule has 0 heterocycles. The zero-order valence-corrected chi connectivity index (χ0v) is 50.3. The van der Waals surface area contributed by atoms with E-state index in [1.54, 1.807) is 0 Å². The SMILES string of the molecule is CC/C=C\C/C=C\C/C=C\C/C=C\C/C=C\C/C=C\CCCCCCCCCCCCCCCCCCCCCCCCC(=O)OC(COC(=O)CCCCCCC/C=C\C/C=C\C/C=C\CC)COP(=O)(O)OCCN. The van der Waals surface area contributed by atoms with Crippen molar-refractivity contribution in [3.05, 3.63) is 109 Å². The fourth-order valence-electron chi connectivity index (χ4n) is 8.60. The van der Waals surface area contributed by atoms with Gasteiger partial charge in [0, 0.05) is 19.4 Å². The number of phosphoric acid groups is 1. The van der Waals surface area contributed by atoms with Crippen LogP contribution >= 0.6 is 7.82 Å². The molecule has 0 aromatic rings. The number of esters is 2. The Morgan fingerprint density at radius 2 is 0.675 bits per heavy atom. The summed E-state index contributed by atoms with van der Waals surface area (Å²) in [7, 11) is -4.39. The lowest BCUT2D eigenvalue weighted by Crippen LogP contribution is -2.29. The number of hydrogen-bond donors (Lipinski definition) is 2. The van der Waals surface area contributed by atoms with Crippen LogP contribution < -0.4 is 5.73 Å². The zero-order valence-electron chi connectivity index (χ0n) is 49.4. The van der Waals surface area contributed by atoms with Gasteiger partial charge in [-0.2, -0.15) is 0 Å². The van der Waals surface area contributed by atoms with Gasteiger partial charge in [0.05, 0.1) is 13.2 Å². The lowest BCUT2D eigenvalue weighted by molar-refractivity contribution is -0.161. The molecule has 442 valence electrons. The Morgan fingerprint density at radius 3 is 1.00 bits per heavy atom. The number of hydrogen-bond acceptors (Lipinski definition) is 8. The molecular weight excluding hydrogens is 978 g/mol. The van der Waals surface area contributed by atoms with E-state index in [1.165, 1.54) is 122 Å². The molecule has 0 saturated heterocycles. The van der Waals surface area contributed by atoms with Crippen molar-refractivity contribution < 1.29 is 37.6 Å². The van der Waals surface area contributed by atoms with Gasteiger partial charge in [-0.05, 0) is 96.3 Å². The van der Waals surface area contributed by atoms with Crippen molar-refractivity contribution >= 4 is 19.8 Å². The lowest BCUT2D eigenvalue weighted by Gasteiger charge is -2.19. The molecule has 3 N–H and O–H groups in total. The highest BCUT2D eigenvalue weighted by Crippen LogP contribution is 2.43. The van der Waals surface area contributed by atoms with E-state index in [9.17, 15) is 19.0 Å². The molecule has 2 atom stereocenters. The third kappa shape index (κ3) is 61.7. The zero-order chi connectivity index (χ0) is 55.9. The summed E-state index contributed by atoms with van der Waals surface area (Å²) >= 11 is 0. The van der Waals surface area contributed by atoms with Crippen molar-refractivity contribution in [1.82, 2.24) is 0 Å². The van der Waals surface area contributed by atoms with Gasteiger partial charge >= 0.3 is 19.8 Å². The van der Waals surface area contributed by atoms with Gasteiger partial charge in [0.2, 0.25) is 0 Å². The van der Waals surface area contributed by atoms with Crippen molar-refractivity contribution in [2.75, 3.05) is 26.4 Å². The van der Waals surface area contributed by atoms with E-state index in [2.05, 4.69) is 123 Å². The first-order chi connectivity index (χ1) is 37.8. The molecule has 9 nitrogen and oxygen atoms in total. The van der Waals surface area contributed by atoms with Crippen LogP contribution in [0.5, 0.6) is 0 Å². The number of phosphoric ester groups is 1. The molecule has 0 radical (unpaired) electrons. The molecule has 0 aromatic heterocycles. The van der Waals surface area contributed by atoms with Crippen LogP contribution in [-0.4, -0.2) is 49.3 Å². The summed E-state index contributed by atoms with van der Waals surface area (Å²) in [5.74, 6) is -0.844. The van der Waals surface area contributed by atoms with Crippen molar-refractivity contribution in [2.24, 2.45) is 5.73 Å². The largest absolute Gasteiger partial charge is 0.472 e. The average Bonchev–Trinajstić information content (AvgIpc) is 3.42. The minimum Gasteiger partial charge on any atom is -0.462 e. The van der Waals surface area contributed by atoms with Gasteiger partial charge in [0.1, 0.15) is 6.61 Å². The number of carbonyl (C=O) groups is 2. The maximum absolute atomic E-state index is 12.7. The Bertz CT molecular complexity index is 1630. The van der Waals surface area contributed by atoms with Gasteiger partial charge in [0.25, 0.3) is 0 Å². The van der Waals surface area contributed by atoms with Crippen molar-refractivity contribution in [1.29, 1.82) is 0 Å². The smallest absolute Gasteiger partial charge is 0.462 e. The molecule has 0 aliphatic rings. The maximum atomic E-state index is 12.7. The van der Waals surface area contributed by atoms with Crippen LogP contribution in [0.15, 0.2) is 109 Å². The molecule has 0 bridgehead atoms. The first kappa shape index (κ1) is 73.7. The lowest BCUT2D eigenvalue weighted by atomic mass is 10.0. The van der Waals surface area contributed by atoms with E-state index in [-0.39, 0.29) is 32.6 Å². The van der Waals surface area contributed by atoms with Crippen LogP contribution in [0, 0.1) is 0 Å². The second-order valence-electron chi connectivity index (χ2n) is 20.5. The maximum Gasteiger partial charge on any atom is 0.472 e. The van der Waals surface area contributed by atoms with Crippen LogP contribution in [0.2, 0.25) is 0 Å². The molecule has 0 saturated carbocycles. The molecular formula is C67H116NO8P. The van der Waals surface area contributed by atoms with E-state index in [1.807, 2.05) is 0 Å². The minimum atomic E-state index is -4.39. The van der Waals surface area contributed by atoms with Gasteiger partial charge < -0.3 is 20.1 Å². The molecule has 0 aliphatic carbocycles. The fraction of sp³-hybridized carbons (Fsp3) is 0.701. The molecule has 0 rings (SSSR count). The summed E-state index contributed by atoms with van der Waals surface area (Å²) in [6.45, 7) is 3.51. The summed E-state index contributed by atoms with van der Waals surface area (Å²) in [6.07, 6.45) is 84.7. The molecule has 10 heteroatoms. The highest BCUT2D eigenvalue weighted by molar-refractivity contribution is 7.47. The molecule has 77 heavy (non-hydrogen) atoms. The highest BCUT2D eigenvalue weighted by Gasteiger charge is 2.26. The van der Waals surface area contributed by atoms with E-state index in [0.29, 0.717) is 12.8 Å². The van der Waals surface area contributed by atoms with E-state index in [4.69, 9.17) is 24.3 Å². The first-order valence-electron chi connectivity index (χ1n) is 31.4. The number of ether oxygens (including phenoxy) is 2. The summed E-state index contributed by atoms with van der Waals surface area (Å²) in [6, 6.07) is 0. The number of rotatable bonds is 58. The highest BCUT2D eigenvalue weighted by atomic mass is 31.2. The number of carbonyl (C=O) groups excluding carboxylic acids is 2. The number of unbranched alkanes of at least 4 members (excludes halogenated alkanes) is 27. The third-order valence-corrected chi connectivity index (χ3v) is 14.1. The number of allylic oxidation sites excluding steroid dienone is 18. The molecule has 2 unspecified atom stereocenters. The van der Waals surface area contributed by atoms with Crippen LogP contribution in [0.1, 0.15) is 271 Å². The summed E-state index contributed by atoms with van der Waals surface area (Å²) in [4.78, 5) is 35.1. The monoisotopic (exact) mass is 1090 g/mol. The quantitative estimate of drug-likeness (QED) is 0.0264. The van der Waals surface area contributed by atoms with E-state index >= 15 is 0 Å². The molecule has 0 fully saturated rings. The minimum absolute atomic E-state index is 0.0483. The molecule has 0 aromatic carbocycles. The second kappa shape index (κ2) is 61.9. The van der Waals surface area contributed by atoms with Crippen LogP contribution in [0.3, 0.4) is 0 Å². The third-order valence-electron chi connectivity index (χ3n) is 13.2. The summed E-state index contributed by atoms with van der Waals surface area (Å²) in [5, 5.41) is 0. The number of nitrogens with two attached hydrogens (primary N) is 1. The Balaban J connectivity index is 3.80. The van der Waals surface area contributed by atoms with Gasteiger partial charge in [-0.25, -0.2) is 4.57 Å². The van der Waals surface area contributed by atoms with Gasteiger partial charge in [0.15, 0.2) is 6.10 Å². The standard InChI is InChI=1S/C67H116NO8P/c1-3-5-7-9-11-13-15-17-19-20-21-22-23-24-25-26-27-28-29-30-31-32-33-34-35-36-37-38-39-40-41-42-43-44-46-48-50-52-54-56-58-60-67(70)76-65(64-75-77(71,72)74-62-61-68)63-73-66(69)59-57-55-53-51-49-47-45-18-16-14-12-10-8-6-4-2/h5-8,11-14,17-19,21-22,24-25,27-28,45,65H,3-4,9-10,15-16,20,23,26,29-44,46-64,68H2,1-2H3,(H,71,72)/b7-5-,8-6-,13-11-,14-12-,19-17-,22-21-,25-24-,28-27-,45-18-.